The number of urea groups is 1. The molecule has 5 heteroatoms. The van der Waals surface area contributed by atoms with Crippen molar-refractivity contribution in [2.75, 3.05) is 11.9 Å². The molecule has 0 radical (unpaired) electrons. The number of aliphatic hydroxyl groups excluding tert-OH is 1. The molecule has 3 N–H and O–H groups in total. The first-order valence-corrected chi connectivity index (χ1v) is 6.81. The van der Waals surface area contributed by atoms with E-state index in [9.17, 15) is 4.79 Å². The maximum Gasteiger partial charge on any atom is 0.319 e. The van der Waals surface area contributed by atoms with Crippen LogP contribution in [0.2, 0.25) is 0 Å². The van der Waals surface area contributed by atoms with Crippen LogP contribution in [-0.2, 0) is 0 Å². The Hall–Kier alpha value is -1.07. The largest absolute Gasteiger partial charge is 0.396 e. The van der Waals surface area contributed by atoms with Crippen LogP contribution in [0.4, 0.5) is 10.5 Å². The van der Waals surface area contributed by atoms with Crippen LogP contribution >= 0.6 is 15.9 Å². The van der Waals surface area contributed by atoms with Crippen molar-refractivity contribution < 1.29 is 9.90 Å². The predicted octanol–water partition coefficient (Wildman–Crippen LogP) is 3.04. The van der Waals surface area contributed by atoms with Crippen molar-refractivity contribution in [3.05, 3.63) is 28.2 Å². The fourth-order valence-corrected chi connectivity index (χ4v) is 1.99. The van der Waals surface area contributed by atoms with Gasteiger partial charge in [0, 0.05) is 22.8 Å². The maximum atomic E-state index is 11.8. The van der Waals surface area contributed by atoms with E-state index in [1.165, 1.54) is 0 Å². The summed E-state index contributed by atoms with van der Waals surface area (Å²) in [6.45, 7) is 3.99. The van der Waals surface area contributed by atoms with Crippen LogP contribution in [0.3, 0.4) is 0 Å². The molecule has 0 saturated heterocycles. The average Bonchev–Trinajstić information content (AvgIpc) is 2.34. The summed E-state index contributed by atoms with van der Waals surface area (Å²) >= 11 is 3.42. The summed E-state index contributed by atoms with van der Waals surface area (Å²) in [6.07, 6.45) is 1.37. The number of hydrogen-bond acceptors (Lipinski definition) is 2. The zero-order chi connectivity index (χ0) is 13.5. The van der Waals surface area contributed by atoms with Gasteiger partial charge in [0.2, 0.25) is 0 Å². The minimum absolute atomic E-state index is 0.00228. The molecule has 0 saturated carbocycles. The SMILES string of the molecule is CCC(CCO)NC(=O)Nc1cccc(Br)c1C. The third-order valence-corrected chi connectivity index (χ3v) is 3.68. The normalized spacial score (nSPS) is 12.0. The predicted molar refractivity (Wildman–Crippen MR) is 76.8 cm³/mol. The van der Waals surface area contributed by atoms with Crippen LogP contribution < -0.4 is 10.6 Å². The Morgan fingerprint density at radius 2 is 2.22 bits per heavy atom. The van der Waals surface area contributed by atoms with Crippen LogP contribution in [0, 0.1) is 6.92 Å². The lowest BCUT2D eigenvalue weighted by Crippen LogP contribution is -2.38. The molecule has 0 aliphatic rings. The van der Waals surface area contributed by atoms with Gasteiger partial charge in [0.05, 0.1) is 0 Å². The zero-order valence-electron chi connectivity index (χ0n) is 10.7. The molecule has 100 valence electrons. The van der Waals surface area contributed by atoms with Crippen molar-refractivity contribution in [2.24, 2.45) is 0 Å². The summed E-state index contributed by atoms with van der Waals surface area (Å²) in [5, 5.41) is 14.5. The number of carbonyl (C=O) groups excluding carboxylic acids is 1. The molecule has 1 rings (SSSR count). The lowest BCUT2D eigenvalue weighted by atomic mass is 10.1. The van der Waals surface area contributed by atoms with Crippen molar-refractivity contribution in [3.63, 3.8) is 0 Å². The number of halogens is 1. The molecule has 1 aromatic rings. The van der Waals surface area contributed by atoms with Crippen LogP contribution in [0.25, 0.3) is 0 Å². The number of benzene rings is 1. The second kappa shape index (κ2) is 7.38. The first kappa shape index (κ1) is 15.0. The highest BCUT2D eigenvalue weighted by molar-refractivity contribution is 9.10. The maximum absolute atomic E-state index is 11.8. The standard InChI is InChI=1S/C13H19BrN2O2/c1-3-10(7-8-17)15-13(18)16-12-6-4-5-11(14)9(12)2/h4-6,10,17H,3,7-8H2,1-2H3,(H2,15,16,18). The highest BCUT2D eigenvalue weighted by Gasteiger charge is 2.11. The molecule has 0 aliphatic carbocycles. The van der Waals surface area contributed by atoms with Gasteiger partial charge in [0.1, 0.15) is 0 Å². The summed E-state index contributed by atoms with van der Waals surface area (Å²) in [5.74, 6) is 0. The first-order valence-electron chi connectivity index (χ1n) is 6.02. The van der Waals surface area contributed by atoms with Crippen molar-refractivity contribution in [3.8, 4) is 0 Å². The third-order valence-electron chi connectivity index (χ3n) is 2.82. The lowest BCUT2D eigenvalue weighted by Gasteiger charge is -2.17. The van der Waals surface area contributed by atoms with Gasteiger partial charge in [-0.1, -0.05) is 28.9 Å². The molecular formula is C13H19BrN2O2. The molecule has 1 aromatic carbocycles. The lowest BCUT2D eigenvalue weighted by molar-refractivity contribution is 0.237. The van der Waals surface area contributed by atoms with Crippen molar-refractivity contribution in [1.29, 1.82) is 0 Å². The van der Waals surface area contributed by atoms with Crippen molar-refractivity contribution >= 4 is 27.6 Å². The number of rotatable bonds is 5. The van der Waals surface area contributed by atoms with E-state index in [-0.39, 0.29) is 18.7 Å². The van der Waals surface area contributed by atoms with E-state index in [0.29, 0.717) is 6.42 Å². The first-order chi connectivity index (χ1) is 8.58. The van der Waals surface area contributed by atoms with Crippen LogP contribution in [-0.4, -0.2) is 23.8 Å². The minimum atomic E-state index is -0.239. The summed E-state index contributed by atoms with van der Waals surface area (Å²) in [5.41, 5.74) is 1.77. The average molecular weight is 315 g/mol. The molecule has 0 bridgehead atoms. The highest BCUT2D eigenvalue weighted by Crippen LogP contribution is 2.23. The summed E-state index contributed by atoms with van der Waals surface area (Å²) in [6, 6.07) is 5.42. The third kappa shape index (κ3) is 4.31. The molecule has 0 aliphatic heterocycles. The summed E-state index contributed by atoms with van der Waals surface area (Å²) in [7, 11) is 0. The fraction of sp³-hybridized carbons (Fsp3) is 0.462. The Bertz CT molecular complexity index is 410. The second-order valence-corrected chi connectivity index (χ2v) is 4.98. The Balaban J connectivity index is 2.61. The van der Waals surface area contributed by atoms with Gasteiger partial charge in [0.25, 0.3) is 0 Å². The van der Waals surface area contributed by atoms with E-state index < -0.39 is 0 Å². The van der Waals surface area contributed by atoms with Crippen molar-refractivity contribution in [2.45, 2.75) is 32.7 Å². The van der Waals surface area contributed by atoms with Gasteiger partial charge in [0.15, 0.2) is 0 Å². The van der Waals surface area contributed by atoms with E-state index in [1.54, 1.807) is 0 Å². The van der Waals surface area contributed by atoms with E-state index in [1.807, 2.05) is 32.0 Å². The molecular weight excluding hydrogens is 296 g/mol. The zero-order valence-corrected chi connectivity index (χ0v) is 12.3. The van der Waals surface area contributed by atoms with Gasteiger partial charge in [-0.3, -0.25) is 0 Å². The van der Waals surface area contributed by atoms with Gasteiger partial charge < -0.3 is 15.7 Å². The topological polar surface area (TPSA) is 61.4 Å². The Kier molecular flexibility index (Phi) is 6.15. The number of aliphatic hydroxyl groups is 1. The van der Waals surface area contributed by atoms with Crippen LogP contribution in [0.1, 0.15) is 25.3 Å². The Morgan fingerprint density at radius 1 is 1.50 bits per heavy atom. The number of nitrogens with one attached hydrogen (secondary N) is 2. The number of anilines is 1. The molecule has 0 fully saturated rings. The molecule has 0 heterocycles. The molecule has 1 unspecified atom stereocenters. The quantitative estimate of drug-likeness (QED) is 0.782. The Labute approximate surface area is 116 Å². The summed E-state index contributed by atoms with van der Waals surface area (Å²) < 4.78 is 0.961. The number of amides is 2. The molecule has 18 heavy (non-hydrogen) atoms. The monoisotopic (exact) mass is 314 g/mol. The van der Waals surface area contributed by atoms with Gasteiger partial charge in [-0.15, -0.1) is 0 Å². The Morgan fingerprint density at radius 3 is 2.83 bits per heavy atom. The highest BCUT2D eigenvalue weighted by atomic mass is 79.9. The van der Waals surface area contributed by atoms with Gasteiger partial charge in [-0.25, -0.2) is 4.79 Å². The molecule has 4 nitrogen and oxygen atoms in total. The van der Waals surface area contributed by atoms with Crippen LogP contribution in [0.15, 0.2) is 22.7 Å². The number of carbonyl (C=O) groups is 1. The summed E-state index contributed by atoms with van der Waals surface area (Å²) in [4.78, 5) is 11.8. The molecule has 0 spiro atoms. The van der Waals surface area contributed by atoms with Crippen molar-refractivity contribution in [1.82, 2.24) is 5.32 Å². The smallest absolute Gasteiger partial charge is 0.319 e. The van der Waals surface area contributed by atoms with E-state index >= 15 is 0 Å². The van der Waals surface area contributed by atoms with E-state index in [4.69, 9.17) is 5.11 Å². The van der Waals surface area contributed by atoms with E-state index in [2.05, 4.69) is 26.6 Å². The fourth-order valence-electron chi connectivity index (χ4n) is 1.62. The van der Waals surface area contributed by atoms with Crippen LogP contribution in [0.5, 0.6) is 0 Å². The minimum Gasteiger partial charge on any atom is -0.396 e. The van der Waals surface area contributed by atoms with E-state index in [0.717, 1.165) is 22.1 Å². The van der Waals surface area contributed by atoms with Gasteiger partial charge >= 0.3 is 6.03 Å². The van der Waals surface area contributed by atoms with Gasteiger partial charge in [-0.05, 0) is 37.5 Å². The molecule has 2 amide bonds. The number of hydrogen-bond donors (Lipinski definition) is 3. The van der Waals surface area contributed by atoms with Gasteiger partial charge in [-0.2, -0.15) is 0 Å². The second-order valence-electron chi connectivity index (χ2n) is 4.13. The molecule has 1 atom stereocenters. The molecule has 0 aromatic heterocycles.